The fraction of sp³-hybridized carbons (Fsp3) is 0.700. The molecule has 0 spiro atoms. The van der Waals surface area contributed by atoms with Crippen LogP contribution in [0.1, 0.15) is 24.1 Å². The standard InChI is InChI=1S/C20H34N6O/c1-16-17(2)26(10-6-8-24(3)4)20-18(16)19(22-15-23-20)21-7-5-9-25-11-13-27-14-12-25/h15H,5-14H2,1-4H3,(H,21,22,23)/p+2. The quantitative estimate of drug-likeness (QED) is 0.507. The molecule has 0 unspecified atom stereocenters. The van der Waals surface area contributed by atoms with E-state index in [-0.39, 0.29) is 0 Å². The van der Waals surface area contributed by atoms with Gasteiger partial charge in [0.25, 0.3) is 0 Å². The van der Waals surface area contributed by atoms with Crippen LogP contribution in [0.15, 0.2) is 6.33 Å². The Morgan fingerprint density at radius 2 is 1.96 bits per heavy atom. The summed E-state index contributed by atoms with van der Waals surface area (Å²) in [5.74, 6) is 0.981. The molecule has 1 aliphatic rings. The Labute approximate surface area is 162 Å². The topological polar surface area (TPSA) is 60.9 Å². The zero-order valence-corrected chi connectivity index (χ0v) is 17.4. The summed E-state index contributed by atoms with van der Waals surface area (Å²) in [5.41, 5.74) is 3.67. The monoisotopic (exact) mass is 376 g/mol. The van der Waals surface area contributed by atoms with Crippen LogP contribution in [0.5, 0.6) is 0 Å². The summed E-state index contributed by atoms with van der Waals surface area (Å²) < 4.78 is 7.79. The van der Waals surface area contributed by atoms with Crippen molar-refractivity contribution in [1.29, 1.82) is 0 Å². The van der Waals surface area contributed by atoms with E-state index in [1.54, 1.807) is 11.2 Å². The number of fused-ring (bicyclic) bond motifs is 1. The zero-order valence-electron chi connectivity index (χ0n) is 17.4. The van der Waals surface area contributed by atoms with Crippen LogP contribution in [0.2, 0.25) is 0 Å². The van der Waals surface area contributed by atoms with Crippen LogP contribution < -0.4 is 15.1 Å². The van der Waals surface area contributed by atoms with Crippen molar-refractivity contribution in [3.8, 4) is 0 Å². The maximum atomic E-state index is 5.43. The summed E-state index contributed by atoms with van der Waals surface area (Å²) in [4.78, 5) is 12.3. The number of ether oxygens (including phenoxy) is 1. The molecule has 0 atom stereocenters. The average molecular weight is 377 g/mol. The molecule has 3 rings (SSSR count). The van der Waals surface area contributed by atoms with Crippen LogP contribution in [-0.4, -0.2) is 74.6 Å². The van der Waals surface area contributed by atoms with E-state index in [1.807, 2.05) is 0 Å². The molecule has 0 saturated carbocycles. The number of morpholine rings is 1. The zero-order chi connectivity index (χ0) is 19.2. The smallest absolute Gasteiger partial charge is 0.145 e. The third-order valence-corrected chi connectivity index (χ3v) is 5.66. The minimum Gasteiger partial charge on any atom is -0.370 e. The Balaban J connectivity index is 1.65. The fourth-order valence-electron chi connectivity index (χ4n) is 3.92. The van der Waals surface area contributed by atoms with Crippen molar-refractivity contribution in [3.05, 3.63) is 17.6 Å². The van der Waals surface area contributed by atoms with Gasteiger partial charge in [0.15, 0.2) is 0 Å². The Morgan fingerprint density at radius 1 is 1.19 bits per heavy atom. The maximum Gasteiger partial charge on any atom is 0.145 e. The van der Waals surface area contributed by atoms with Gasteiger partial charge in [-0.05, 0) is 19.4 Å². The van der Waals surface area contributed by atoms with E-state index >= 15 is 0 Å². The van der Waals surface area contributed by atoms with Gasteiger partial charge in [-0.3, -0.25) is 0 Å². The molecule has 0 aliphatic carbocycles. The highest BCUT2D eigenvalue weighted by Crippen LogP contribution is 2.28. The summed E-state index contributed by atoms with van der Waals surface area (Å²) in [5, 5.41) is 4.76. The number of nitrogens with one attached hydrogen (secondary N) is 3. The van der Waals surface area contributed by atoms with Crippen LogP contribution in [0, 0.1) is 13.8 Å². The van der Waals surface area contributed by atoms with Gasteiger partial charge in [-0.15, -0.1) is 0 Å². The Hall–Kier alpha value is -1.70. The van der Waals surface area contributed by atoms with Crippen molar-refractivity contribution >= 4 is 16.9 Å². The predicted octanol–water partition coefficient (Wildman–Crippen LogP) is -0.700. The molecular formula is C20H36N6O+2. The van der Waals surface area contributed by atoms with E-state index in [4.69, 9.17) is 4.74 Å². The maximum absolute atomic E-state index is 5.43. The molecule has 1 fully saturated rings. The number of aromatic nitrogens is 3. The molecule has 0 radical (unpaired) electrons. The SMILES string of the molecule is Cc1c(C)n(CCC[NH+](C)C)c2ncnc(NCCC[NH+]3CCOCC3)c12. The summed E-state index contributed by atoms with van der Waals surface area (Å²) in [7, 11) is 4.41. The fourth-order valence-corrected chi connectivity index (χ4v) is 3.92. The van der Waals surface area contributed by atoms with E-state index in [0.717, 1.165) is 70.2 Å². The second-order valence-corrected chi connectivity index (χ2v) is 7.99. The second-order valence-electron chi connectivity index (χ2n) is 7.99. The molecule has 1 aliphatic heterocycles. The minimum atomic E-state index is 0.899. The van der Waals surface area contributed by atoms with E-state index in [2.05, 4.69) is 47.8 Å². The molecule has 3 heterocycles. The van der Waals surface area contributed by atoms with Gasteiger partial charge in [0.05, 0.1) is 45.8 Å². The molecule has 0 bridgehead atoms. The normalized spacial score (nSPS) is 15.7. The molecule has 27 heavy (non-hydrogen) atoms. The molecule has 1 saturated heterocycles. The van der Waals surface area contributed by atoms with E-state index in [1.165, 1.54) is 28.1 Å². The molecule has 2 aromatic heterocycles. The van der Waals surface area contributed by atoms with Gasteiger partial charge in [0, 0.05) is 31.6 Å². The Kier molecular flexibility index (Phi) is 7.04. The molecule has 7 heteroatoms. The molecule has 3 N–H and O–H groups in total. The molecule has 0 aromatic carbocycles. The number of quaternary nitrogens is 2. The van der Waals surface area contributed by atoms with Gasteiger partial charge in [-0.1, -0.05) is 0 Å². The third-order valence-electron chi connectivity index (χ3n) is 5.66. The van der Waals surface area contributed by atoms with Crippen molar-refractivity contribution in [1.82, 2.24) is 14.5 Å². The van der Waals surface area contributed by atoms with Gasteiger partial charge in [-0.25, -0.2) is 9.97 Å². The number of rotatable bonds is 9. The second kappa shape index (κ2) is 9.48. The van der Waals surface area contributed by atoms with Crippen LogP contribution in [0.25, 0.3) is 11.0 Å². The van der Waals surface area contributed by atoms with Crippen molar-refractivity contribution < 1.29 is 14.5 Å². The Bertz CT molecular complexity index is 736. The molecule has 0 amide bonds. The molecule has 7 nitrogen and oxygen atoms in total. The van der Waals surface area contributed by atoms with E-state index in [9.17, 15) is 0 Å². The van der Waals surface area contributed by atoms with Crippen molar-refractivity contribution in [2.45, 2.75) is 33.2 Å². The summed E-state index contributed by atoms with van der Waals surface area (Å²) in [6.07, 6.45) is 4.00. The Morgan fingerprint density at radius 3 is 2.70 bits per heavy atom. The highest BCUT2D eigenvalue weighted by atomic mass is 16.5. The first kappa shape index (κ1) is 20.0. The van der Waals surface area contributed by atoms with Crippen molar-refractivity contribution in [2.75, 3.05) is 65.3 Å². The summed E-state index contributed by atoms with van der Waals surface area (Å²) in [6.45, 7) is 12.8. The largest absolute Gasteiger partial charge is 0.370 e. The number of anilines is 1. The average Bonchev–Trinajstić information content (AvgIpc) is 2.91. The summed E-state index contributed by atoms with van der Waals surface area (Å²) in [6, 6.07) is 0. The minimum absolute atomic E-state index is 0.899. The first-order valence-corrected chi connectivity index (χ1v) is 10.3. The van der Waals surface area contributed by atoms with Gasteiger partial charge in [-0.2, -0.15) is 0 Å². The lowest BCUT2D eigenvalue weighted by atomic mass is 10.2. The number of aryl methyl sites for hydroxylation is 2. The highest BCUT2D eigenvalue weighted by Gasteiger charge is 2.17. The highest BCUT2D eigenvalue weighted by molar-refractivity contribution is 5.91. The predicted molar refractivity (Wildman–Crippen MR) is 109 cm³/mol. The lowest BCUT2D eigenvalue weighted by Gasteiger charge is -2.23. The molecule has 2 aromatic rings. The van der Waals surface area contributed by atoms with Crippen LogP contribution in [0.4, 0.5) is 5.82 Å². The van der Waals surface area contributed by atoms with E-state index < -0.39 is 0 Å². The van der Waals surface area contributed by atoms with Crippen LogP contribution in [-0.2, 0) is 11.3 Å². The first-order valence-electron chi connectivity index (χ1n) is 10.3. The summed E-state index contributed by atoms with van der Waals surface area (Å²) >= 11 is 0. The van der Waals surface area contributed by atoms with Crippen LogP contribution >= 0.6 is 0 Å². The van der Waals surface area contributed by atoms with Crippen molar-refractivity contribution in [2.24, 2.45) is 0 Å². The van der Waals surface area contributed by atoms with Crippen LogP contribution in [0.3, 0.4) is 0 Å². The van der Waals surface area contributed by atoms with E-state index in [0.29, 0.717) is 0 Å². The molecule has 150 valence electrons. The number of hydrogen-bond donors (Lipinski definition) is 3. The lowest BCUT2D eigenvalue weighted by molar-refractivity contribution is -0.908. The lowest BCUT2D eigenvalue weighted by Crippen LogP contribution is -3.14. The third kappa shape index (κ3) is 4.97. The number of hydrogen-bond acceptors (Lipinski definition) is 4. The van der Waals surface area contributed by atoms with Gasteiger partial charge < -0.3 is 24.4 Å². The van der Waals surface area contributed by atoms with Gasteiger partial charge >= 0.3 is 0 Å². The molecular weight excluding hydrogens is 340 g/mol. The van der Waals surface area contributed by atoms with Crippen molar-refractivity contribution in [3.63, 3.8) is 0 Å². The van der Waals surface area contributed by atoms with Gasteiger partial charge in [0.1, 0.15) is 30.9 Å². The first-order chi connectivity index (χ1) is 13.1. The number of nitrogens with zero attached hydrogens (tertiary/aromatic N) is 3. The van der Waals surface area contributed by atoms with Gasteiger partial charge in [0.2, 0.25) is 0 Å².